The van der Waals surface area contributed by atoms with Crippen molar-refractivity contribution in [1.29, 1.82) is 0 Å². The standard InChI is InChI=1S/C31H31FN4O5/c32-25-7-3-2-6-23(25)30(38)36-16-14-34(15-17-36)26-10-9-22(19-24(26)31(39)35-12-4-1-5-13-35)33-29(37)21-8-11-27-28(18-21)41-20-40-27/h2-3,6-11,18-19H,1,4-5,12-17,20H2,(H,33,37). The average molecular weight is 559 g/mol. The summed E-state index contributed by atoms with van der Waals surface area (Å²) in [4.78, 5) is 45.3. The van der Waals surface area contributed by atoms with Crippen LogP contribution in [0.15, 0.2) is 60.7 Å². The van der Waals surface area contributed by atoms with E-state index in [1.807, 2.05) is 11.0 Å². The fourth-order valence-corrected chi connectivity index (χ4v) is 5.52. The number of piperazine rings is 1. The molecular formula is C31H31FN4O5. The molecule has 3 heterocycles. The second-order valence-electron chi connectivity index (χ2n) is 10.4. The summed E-state index contributed by atoms with van der Waals surface area (Å²) in [5.74, 6) is -0.171. The second kappa shape index (κ2) is 11.5. The molecule has 6 rings (SSSR count). The lowest BCUT2D eigenvalue weighted by atomic mass is 10.0. The Kier molecular flexibility index (Phi) is 7.45. The van der Waals surface area contributed by atoms with Crippen molar-refractivity contribution in [2.45, 2.75) is 19.3 Å². The first-order chi connectivity index (χ1) is 20.0. The van der Waals surface area contributed by atoms with Gasteiger partial charge in [-0.1, -0.05) is 12.1 Å². The predicted molar refractivity (Wildman–Crippen MR) is 151 cm³/mol. The summed E-state index contributed by atoms with van der Waals surface area (Å²) in [5.41, 5.74) is 2.23. The Morgan fingerprint density at radius 1 is 0.707 bits per heavy atom. The number of likely N-dealkylation sites (tertiary alicyclic amines) is 1. The minimum absolute atomic E-state index is 0.0597. The molecule has 3 aliphatic heterocycles. The molecule has 10 heteroatoms. The molecular weight excluding hydrogens is 527 g/mol. The number of ether oxygens (including phenoxy) is 2. The van der Waals surface area contributed by atoms with Crippen molar-refractivity contribution in [2.75, 3.05) is 56.3 Å². The zero-order valence-electron chi connectivity index (χ0n) is 22.6. The number of halogens is 1. The average Bonchev–Trinajstić information content (AvgIpc) is 3.49. The molecule has 0 spiro atoms. The van der Waals surface area contributed by atoms with Crippen LogP contribution in [0.3, 0.4) is 0 Å². The van der Waals surface area contributed by atoms with Gasteiger partial charge in [-0.05, 0) is 67.8 Å². The number of carbonyl (C=O) groups excluding carboxylic acids is 3. The van der Waals surface area contributed by atoms with Gasteiger partial charge in [0.25, 0.3) is 17.7 Å². The highest BCUT2D eigenvalue weighted by Gasteiger charge is 2.28. The molecule has 41 heavy (non-hydrogen) atoms. The summed E-state index contributed by atoms with van der Waals surface area (Å²) in [7, 11) is 0. The van der Waals surface area contributed by atoms with E-state index in [2.05, 4.69) is 10.2 Å². The highest BCUT2D eigenvalue weighted by Crippen LogP contribution is 2.33. The van der Waals surface area contributed by atoms with Crippen LogP contribution in [0.4, 0.5) is 15.8 Å². The molecule has 3 amide bonds. The van der Waals surface area contributed by atoms with E-state index < -0.39 is 5.82 Å². The Morgan fingerprint density at radius 3 is 2.20 bits per heavy atom. The van der Waals surface area contributed by atoms with Crippen molar-refractivity contribution in [2.24, 2.45) is 0 Å². The second-order valence-corrected chi connectivity index (χ2v) is 10.4. The number of anilines is 2. The van der Waals surface area contributed by atoms with Crippen molar-refractivity contribution in [1.82, 2.24) is 9.80 Å². The molecule has 9 nitrogen and oxygen atoms in total. The van der Waals surface area contributed by atoms with Crippen molar-refractivity contribution in [3.63, 3.8) is 0 Å². The molecule has 3 aromatic rings. The van der Waals surface area contributed by atoms with Crippen molar-refractivity contribution in [3.05, 3.63) is 83.2 Å². The largest absolute Gasteiger partial charge is 0.454 e. The Hall–Kier alpha value is -4.60. The normalized spacial score (nSPS) is 16.5. The number of piperidine rings is 1. The Balaban J connectivity index is 1.22. The molecule has 0 aromatic heterocycles. The minimum atomic E-state index is -0.535. The third kappa shape index (κ3) is 5.54. The lowest BCUT2D eigenvalue weighted by molar-refractivity contribution is 0.0717. The number of carbonyl (C=O) groups is 3. The van der Waals surface area contributed by atoms with Crippen molar-refractivity contribution >= 4 is 29.1 Å². The fourth-order valence-electron chi connectivity index (χ4n) is 5.52. The molecule has 0 radical (unpaired) electrons. The van der Waals surface area contributed by atoms with Crippen LogP contribution in [0.25, 0.3) is 0 Å². The van der Waals surface area contributed by atoms with E-state index in [4.69, 9.17) is 9.47 Å². The highest BCUT2D eigenvalue weighted by molar-refractivity contribution is 6.06. The third-order valence-electron chi connectivity index (χ3n) is 7.77. The molecule has 2 fully saturated rings. The smallest absolute Gasteiger partial charge is 0.256 e. The van der Waals surface area contributed by atoms with Crippen LogP contribution in [0.1, 0.15) is 50.3 Å². The van der Waals surface area contributed by atoms with Crippen LogP contribution in [0.5, 0.6) is 11.5 Å². The van der Waals surface area contributed by atoms with Gasteiger partial charge in [0.2, 0.25) is 6.79 Å². The van der Waals surface area contributed by atoms with Gasteiger partial charge in [0, 0.05) is 56.2 Å². The molecule has 212 valence electrons. The lowest BCUT2D eigenvalue weighted by Crippen LogP contribution is -2.49. The molecule has 2 saturated heterocycles. The van der Waals surface area contributed by atoms with Crippen LogP contribution in [0.2, 0.25) is 0 Å². The SMILES string of the molecule is O=C(Nc1ccc(N2CCN(C(=O)c3ccccc3F)CC2)c(C(=O)N2CCCCC2)c1)c1ccc2c(c1)OCO2. The van der Waals surface area contributed by atoms with E-state index in [1.165, 1.54) is 12.1 Å². The summed E-state index contributed by atoms with van der Waals surface area (Å²) in [5, 5.41) is 2.91. The van der Waals surface area contributed by atoms with E-state index in [0.717, 1.165) is 24.9 Å². The third-order valence-corrected chi connectivity index (χ3v) is 7.77. The number of nitrogens with zero attached hydrogens (tertiary/aromatic N) is 3. The van der Waals surface area contributed by atoms with Gasteiger partial charge in [0.15, 0.2) is 11.5 Å². The van der Waals surface area contributed by atoms with Crippen LogP contribution in [0, 0.1) is 5.82 Å². The summed E-state index contributed by atoms with van der Waals surface area (Å²) in [6, 6.07) is 16.4. The van der Waals surface area contributed by atoms with E-state index in [9.17, 15) is 18.8 Å². The quantitative estimate of drug-likeness (QED) is 0.500. The van der Waals surface area contributed by atoms with E-state index >= 15 is 0 Å². The topological polar surface area (TPSA) is 91.4 Å². The molecule has 0 aliphatic carbocycles. The van der Waals surface area contributed by atoms with Gasteiger partial charge in [0.05, 0.1) is 11.1 Å². The number of amides is 3. The molecule has 3 aliphatic rings. The van der Waals surface area contributed by atoms with Crippen LogP contribution >= 0.6 is 0 Å². The van der Waals surface area contributed by atoms with Gasteiger partial charge in [0.1, 0.15) is 5.82 Å². The minimum Gasteiger partial charge on any atom is -0.454 e. The number of benzene rings is 3. The van der Waals surface area contributed by atoms with E-state index in [-0.39, 0.29) is 30.1 Å². The first-order valence-corrected chi connectivity index (χ1v) is 13.9. The van der Waals surface area contributed by atoms with E-state index in [1.54, 1.807) is 47.4 Å². The molecule has 0 bridgehead atoms. The van der Waals surface area contributed by atoms with Gasteiger partial charge < -0.3 is 29.5 Å². The van der Waals surface area contributed by atoms with Gasteiger partial charge >= 0.3 is 0 Å². The summed E-state index contributed by atoms with van der Waals surface area (Å²) in [6.45, 7) is 3.27. The summed E-state index contributed by atoms with van der Waals surface area (Å²) < 4.78 is 24.9. The van der Waals surface area contributed by atoms with Gasteiger partial charge in [-0.25, -0.2) is 4.39 Å². The van der Waals surface area contributed by atoms with E-state index in [0.29, 0.717) is 67.6 Å². The Labute approximate surface area is 237 Å². The summed E-state index contributed by atoms with van der Waals surface area (Å²) in [6.07, 6.45) is 3.01. The number of fused-ring (bicyclic) bond motifs is 1. The maximum Gasteiger partial charge on any atom is 0.256 e. The first-order valence-electron chi connectivity index (χ1n) is 13.9. The molecule has 0 atom stereocenters. The zero-order chi connectivity index (χ0) is 28.3. The number of hydrogen-bond acceptors (Lipinski definition) is 6. The van der Waals surface area contributed by atoms with Gasteiger partial charge in [-0.3, -0.25) is 14.4 Å². The van der Waals surface area contributed by atoms with Crippen LogP contribution in [-0.4, -0.2) is 73.6 Å². The Morgan fingerprint density at radius 2 is 1.41 bits per heavy atom. The van der Waals surface area contributed by atoms with Gasteiger partial charge in [-0.15, -0.1) is 0 Å². The summed E-state index contributed by atoms with van der Waals surface area (Å²) >= 11 is 0. The van der Waals surface area contributed by atoms with Gasteiger partial charge in [-0.2, -0.15) is 0 Å². The maximum atomic E-state index is 14.2. The van der Waals surface area contributed by atoms with Crippen molar-refractivity contribution in [3.8, 4) is 11.5 Å². The zero-order valence-corrected chi connectivity index (χ0v) is 22.6. The molecule has 1 N–H and O–H groups in total. The first kappa shape index (κ1) is 26.6. The lowest BCUT2D eigenvalue weighted by Gasteiger charge is -2.37. The molecule has 3 aromatic carbocycles. The predicted octanol–water partition coefficient (Wildman–Crippen LogP) is 4.40. The number of nitrogens with one attached hydrogen (secondary N) is 1. The number of rotatable bonds is 5. The highest BCUT2D eigenvalue weighted by atomic mass is 19.1. The molecule has 0 unspecified atom stereocenters. The number of hydrogen-bond donors (Lipinski definition) is 1. The van der Waals surface area contributed by atoms with Crippen LogP contribution in [-0.2, 0) is 0 Å². The Bertz CT molecular complexity index is 1480. The fraction of sp³-hybridized carbons (Fsp3) is 0.323. The monoisotopic (exact) mass is 558 g/mol. The maximum absolute atomic E-state index is 14.2. The molecule has 0 saturated carbocycles. The van der Waals surface area contributed by atoms with Crippen LogP contribution < -0.4 is 19.7 Å². The van der Waals surface area contributed by atoms with Crippen molar-refractivity contribution < 1.29 is 28.2 Å².